The Labute approximate surface area is 118 Å². The third-order valence-corrected chi connectivity index (χ3v) is 4.13. The summed E-state index contributed by atoms with van der Waals surface area (Å²) in [5.74, 6) is 5.30. The van der Waals surface area contributed by atoms with E-state index in [9.17, 15) is 8.42 Å². The molecule has 4 N–H and O–H groups in total. The van der Waals surface area contributed by atoms with E-state index in [0.717, 1.165) is 12.0 Å². The molecule has 0 unspecified atom stereocenters. The Morgan fingerprint density at radius 2 is 1.90 bits per heavy atom. The first-order chi connectivity index (χ1) is 9.56. The highest BCUT2D eigenvalue weighted by Gasteiger charge is 2.19. The van der Waals surface area contributed by atoms with Crippen LogP contribution in [0.1, 0.15) is 12.5 Å². The molecule has 1 aromatic carbocycles. The summed E-state index contributed by atoms with van der Waals surface area (Å²) in [6, 6.07) is 10.3. The molecule has 0 atom stereocenters. The molecule has 0 fully saturated rings. The molecule has 6 nitrogen and oxygen atoms in total. The number of aromatic nitrogens is 1. The van der Waals surface area contributed by atoms with Gasteiger partial charge in [-0.15, -0.1) is 0 Å². The smallest absolute Gasteiger partial charge is 0.281 e. The monoisotopic (exact) mass is 292 g/mol. The van der Waals surface area contributed by atoms with Crippen molar-refractivity contribution in [1.29, 1.82) is 0 Å². The molecule has 0 bridgehead atoms. The van der Waals surface area contributed by atoms with Crippen LogP contribution < -0.4 is 16.0 Å². The first-order valence-corrected chi connectivity index (χ1v) is 7.58. The minimum absolute atomic E-state index is 0.137. The number of benzene rings is 1. The van der Waals surface area contributed by atoms with E-state index in [2.05, 4.69) is 15.1 Å². The molecule has 0 aliphatic heterocycles. The van der Waals surface area contributed by atoms with Crippen molar-refractivity contribution in [3.63, 3.8) is 0 Å². The van der Waals surface area contributed by atoms with Crippen LogP contribution in [0.5, 0.6) is 0 Å². The molecule has 20 heavy (non-hydrogen) atoms. The van der Waals surface area contributed by atoms with Crippen molar-refractivity contribution in [2.45, 2.75) is 18.4 Å². The Morgan fingerprint density at radius 3 is 2.50 bits per heavy atom. The average molecular weight is 292 g/mol. The van der Waals surface area contributed by atoms with Crippen molar-refractivity contribution in [1.82, 2.24) is 4.98 Å². The van der Waals surface area contributed by atoms with Gasteiger partial charge in [-0.1, -0.05) is 19.1 Å². The van der Waals surface area contributed by atoms with Crippen LogP contribution in [0.15, 0.2) is 47.6 Å². The lowest BCUT2D eigenvalue weighted by molar-refractivity contribution is 0.598. The molecule has 106 valence electrons. The molecule has 2 rings (SSSR count). The molecule has 0 spiro atoms. The highest BCUT2D eigenvalue weighted by Crippen LogP contribution is 2.20. The average Bonchev–Trinajstić information content (AvgIpc) is 2.47. The van der Waals surface area contributed by atoms with E-state index < -0.39 is 10.0 Å². The van der Waals surface area contributed by atoms with Crippen LogP contribution in [-0.2, 0) is 16.4 Å². The molecular formula is C13H16N4O2S. The molecule has 0 saturated carbocycles. The molecule has 0 aliphatic rings. The Balaban J connectivity index is 2.30. The summed E-state index contributed by atoms with van der Waals surface area (Å²) in [4.78, 5) is 3.86. The summed E-state index contributed by atoms with van der Waals surface area (Å²) in [7, 11) is -3.78. The highest BCUT2D eigenvalue weighted by molar-refractivity contribution is 7.92. The number of nitrogens with zero attached hydrogens (tertiary/aromatic N) is 1. The van der Waals surface area contributed by atoms with E-state index in [1.165, 1.54) is 6.20 Å². The Hall–Kier alpha value is -2.12. The summed E-state index contributed by atoms with van der Waals surface area (Å²) in [6.07, 6.45) is 2.30. The van der Waals surface area contributed by atoms with Crippen LogP contribution in [0, 0.1) is 0 Å². The lowest BCUT2D eigenvalue weighted by Gasteiger charge is -2.11. The first-order valence-electron chi connectivity index (χ1n) is 6.10. The van der Waals surface area contributed by atoms with Crippen molar-refractivity contribution < 1.29 is 8.42 Å². The molecule has 2 aromatic rings. The molecule has 0 aliphatic carbocycles. The molecule has 0 radical (unpaired) electrons. The van der Waals surface area contributed by atoms with Gasteiger partial charge in [0.25, 0.3) is 10.0 Å². The van der Waals surface area contributed by atoms with Crippen LogP contribution in [-0.4, -0.2) is 13.4 Å². The predicted molar refractivity (Wildman–Crippen MR) is 78.7 cm³/mol. The van der Waals surface area contributed by atoms with E-state index in [4.69, 9.17) is 5.84 Å². The van der Waals surface area contributed by atoms with Gasteiger partial charge in [0.15, 0.2) is 0 Å². The summed E-state index contributed by atoms with van der Waals surface area (Å²) < 4.78 is 27.0. The molecule has 1 heterocycles. The normalized spacial score (nSPS) is 11.1. The van der Waals surface area contributed by atoms with Crippen LogP contribution in [0.2, 0.25) is 0 Å². The van der Waals surface area contributed by atoms with Crippen molar-refractivity contribution in [2.24, 2.45) is 5.84 Å². The number of rotatable bonds is 5. The van der Waals surface area contributed by atoms with Crippen molar-refractivity contribution in [3.8, 4) is 0 Å². The van der Waals surface area contributed by atoms with Crippen molar-refractivity contribution >= 4 is 21.4 Å². The highest BCUT2D eigenvalue weighted by atomic mass is 32.2. The number of hydrogen-bond donors (Lipinski definition) is 3. The summed E-state index contributed by atoms with van der Waals surface area (Å²) in [5, 5.41) is -0.137. The summed E-state index contributed by atoms with van der Waals surface area (Å²) in [5.41, 5.74) is 4.18. The van der Waals surface area contributed by atoms with E-state index in [1.54, 1.807) is 24.3 Å². The topological polar surface area (TPSA) is 97.1 Å². The van der Waals surface area contributed by atoms with E-state index >= 15 is 0 Å². The van der Waals surface area contributed by atoms with Gasteiger partial charge in [0.05, 0.1) is 5.69 Å². The van der Waals surface area contributed by atoms with Gasteiger partial charge >= 0.3 is 0 Å². The van der Waals surface area contributed by atoms with Gasteiger partial charge < -0.3 is 5.43 Å². The largest absolute Gasteiger partial charge is 0.321 e. The zero-order valence-corrected chi connectivity index (χ0v) is 11.8. The maximum absolute atomic E-state index is 12.3. The number of aryl methyl sites for hydroxylation is 1. The van der Waals surface area contributed by atoms with Gasteiger partial charge in [-0.2, -0.15) is 8.42 Å². The number of anilines is 2. The second-order valence-electron chi connectivity index (χ2n) is 4.16. The fraction of sp³-hybridized carbons (Fsp3) is 0.154. The number of nitrogens with two attached hydrogens (primary N) is 1. The van der Waals surface area contributed by atoms with Crippen molar-refractivity contribution in [3.05, 3.63) is 48.2 Å². The molecule has 0 saturated heterocycles. The molecule has 1 aromatic heterocycles. The Bertz CT molecular complexity index is 684. The Morgan fingerprint density at radius 1 is 1.20 bits per heavy atom. The van der Waals surface area contributed by atoms with Crippen LogP contribution in [0.25, 0.3) is 0 Å². The quantitative estimate of drug-likeness (QED) is 0.576. The van der Waals surface area contributed by atoms with Crippen LogP contribution in [0.3, 0.4) is 0 Å². The van der Waals surface area contributed by atoms with Gasteiger partial charge in [-0.25, -0.2) is 4.98 Å². The lowest BCUT2D eigenvalue weighted by atomic mass is 10.2. The zero-order valence-electron chi connectivity index (χ0n) is 11.0. The number of hydrazine groups is 1. The standard InChI is InChI=1S/C13H16N4O2S/c1-2-10-5-7-11(8-6-10)17-20(18,19)13-12(16-14)4-3-9-15-13/h3-9,16-17H,2,14H2,1H3. The number of sulfonamides is 1. The summed E-state index contributed by atoms with van der Waals surface area (Å²) in [6.45, 7) is 2.03. The van der Waals surface area contributed by atoms with Crippen molar-refractivity contribution in [2.75, 3.05) is 10.1 Å². The second-order valence-corrected chi connectivity index (χ2v) is 5.75. The number of nitrogens with one attached hydrogen (secondary N) is 2. The number of hydrogen-bond acceptors (Lipinski definition) is 5. The third kappa shape index (κ3) is 3.06. The van der Waals surface area contributed by atoms with Crippen LogP contribution >= 0.6 is 0 Å². The van der Waals surface area contributed by atoms with Gasteiger partial charge in [0, 0.05) is 11.9 Å². The van der Waals surface area contributed by atoms with E-state index in [-0.39, 0.29) is 10.7 Å². The summed E-state index contributed by atoms with van der Waals surface area (Å²) >= 11 is 0. The van der Waals surface area contributed by atoms with Gasteiger partial charge in [-0.3, -0.25) is 10.6 Å². The SMILES string of the molecule is CCc1ccc(NS(=O)(=O)c2ncccc2NN)cc1. The second kappa shape index (κ2) is 5.89. The fourth-order valence-electron chi connectivity index (χ4n) is 1.73. The van der Waals surface area contributed by atoms with Gasteiger partial charge in [0.2, 0.25) is 5.03 Å². The van der Waals surface area contributed by atoms with E-state index in [0.29, 0.717) is 5.69 Å². The van der Waals surface area contributed by atoms with Crippen LogP contribution in [0.4, 0.5) is 11.4 Å². The maximum atomic E-state index is 12.3. The molecule has 0 amide bonds. The maximum Gasteiger partial charge on any atom is 0.281 e. The Kier molecular flexibility index (Phi) is 4.21. The van der Waals surface area contributed by atoms with E-state index in [1.807, 2.05) is 19.1 Å². The number of nitrogen functional groups attached to an aromatic ring is 1. The number of pyridine rings is 1. The zero-order chi connectivity index (χ0) is 14.6. The van der Waals surface area contributed by atoms with Gasteiger partial charge in [-0.05, 0) is 36.2 Å². The van der Waals surface area contributed by atoms with Gasteiger partial charge in [0.1, 0.15) is 0 Å². The lowest BCUT2D eigenvalue weighted by Crippen LogP contribution is -2.18. The fourth-order valence-corrected chi connectivity index (χ4v) is 2.89. The third-order valence-electron chi connectivity index (χ3n) is 2.80. The predicted octanol–water partition coefficient (Wildman–Crippen LogP) is 1.73. The first kappa shape index (κ1) is 14.3. The minimum Gasteiger partial charge on any atom is -0.321 e. The molecular weight excluding hydrogens is 276 g/mol. The molecule has 7 heteroatoms. The minimum atomic E-state index is -3.78.